The van der Waals surface area contributed by atoms with Crippen molar-refractivity contribution in [3.8, 4) is 12.3 Å². The van der Waals surface area contributed by atoms with E-state index in [4.69, 9.17) is 18.0 Å². The molecule has 1 fully saturated rings. The average molecular weight is 330 g/mol. The maximum Gasteiger partial charge on any atom is 0.222 e. The van der Waals surface area contributed by atoms with Gasteiger partial charge in [-0.05, 0) is 24.1 Å². The molecule has 0 N–H and O–H groups in total. The number of terminal acetylenes is 1. The monoisotopic (exact) mass is 329 g/mol. The van der Waals surface area contributed by atoms with Crippen LogP contribution in [0, 0.1) is 12.3 Å². The average Bonchev–Trinajstić information content (AvgIpc) is 3.15. The van der Waals surface area contributed by atoms with Gasteiger partial charge in [0.2, 0.25) is 5.91 Å². The number of amides is 1. The van der Waals surface area contributed by atoms with Gasteiger partial charge >= 0.3 is 0 Å². The summed E-state index contributed by atoms with van der Waals surface area (Å²) in [6, 6.07) is 7.92. The highest BCUT2D eigenvalue weighted by atomic mass is 35.5. The number of rotatable bonds is 6. The van der Waals surface area contributed by atoms with E-state index in [1.807, 2.05) is 23.1 Å². The molecule has 0 radical (unpaired) electrons. The van der Waals surface area contributed by atoms with E-state index in [0.717, 1.165) is 31.0 Å². The minimum atomic E-state index is -0.367. The van der Waals surface area contributed by atoms with Gasteiger partial charge in [-0.3, -0.25) is 4.79 Å². The second kappa shape index (κ2) is 6.72. The number of nitrogens with zero attached hydrogens (tertiary/aromatic N) is 3. The SMILES string of the molecule is C#CCCC1(CCC(=O)N2CCC(c3cccc(Cl)c3)C2)N=N1. The minimum Gasteiger partial charge on any atom is -0.342 e. The quantitative estimate of drug-likeness (QED) is 0.727. The molecule has 2 heterocycles. The van der Waals surface area contributed by atoms with Gasteiger partial charge in [-0.2, -0.15) is 10.2 Å². The minimum absolute atomic E-state index is 0.187. The van der Waals surface area contributed by atoms with Crippen LogP contribution in [0.3, 0.4) is 0 Å². The second-order valence-corrected chi connectivity index (χ2v) is 6.70. The van der Waals surface area contributed by atoms with Gasteiger partial charge in [0.15, 0.2) is 5.66 Å². The first-order valence-corrected chi connectivity index (χ1v) is 8.40. The van der Waals surface area contributed by atoms with Gasteiger partial charge in [-0.15, -0.1) is 12.3 Å². The van der Waals surface area contributed by atoms with Crippen LogP contribution in [0.25, 0.3) is 0 Å². The van der Waals surface area contributed by atoms with E-state index in [1.165, 1.54) is 5.56 Å². The van der Waals surface area contributed by atoms with Crippen LogP contribution in [-0.4, -0.2) is 29.6 Å². The van der Waals surface area contributed by atoms with Crippen molar-refractivity contribution in [1.82, 2.24) is 4.90 Å². The smallest absolute Gasteiger partial charge is 0.222 e. The zero-order chi connectivity index (χ0) is 16.3. The molecule has 5 heteroatoms. The van der Waals surface area contributed by atoms with E-state index in [0.29, 0.717) is 25.2 Å². The van der Waals surface area contributed by atoms with Crippen LogP contribution in [-0.2, 0) is 4.79 Å². The summed E-state index contributed by atoms with van der Waals surface area (Å²) in [7, 11) is 0. The number of benzene rings is 1. The highest BCUT2D eigenvalue weighted by Gasteiger charge is 2.40. The summed E-state index contributed by atoms with van der Waals surface area (Å²) in [6.07, 6.45) is 8.84. The summed E-state index contributed by atoms with van der Waals surface area (Å²) in [5.41, 5.74) is 0.846. The maximum absolute atomic E-state index is 12.4. The molecular weight excluding hydrogens is 310 g/mol. The molecule has 2 aliphatic rings. The largest absolute Gasteiger partial charge is 0.342 e. The fraction of sp³-hybridized carbons (Fsp3) is 0.500. The molecular formula is C18H20ClN3O. The lowest BCUT2D eigenvalue weighted by atomic mass is 9.99. The third kappa shape index (κ3) is 3.92. The molecule has 2 aliphatic heterocycles. The Labute approximate surface area is 141 Å². The van der Waals surface area contributed by atoms with Crippen LogP contribution in [0.15, 0.2) is 34.5 Å². The van der Waals surface area contributed by atoms with Crippen LogP contribution >= 0.6 is 11.6 Å². The number of likely N-dealkylation sites (tertiary alicyclic amines) is 1. The lowest BCUT2D eigenvalue weighted by Gasteiger charge is -2.18. The van der Waals surface area contributed by atoms with Gasteiger partial charge in [-0.1, -0.05) is 23.7 Å². The topological polar surface area (TPSA) is 45.0 Å². The van der Waals surface area contributed by atoms with Crippen LogP contribution in [0.4, 0.5) is 0 Å². The van der Waals surface area contributed by atoms with Crippen molar-refractivity contribution in [3.05, 3.63) is 34.9 Å². The molecule has 120 valence electrons. The number of halogens is 1. The molecule has 1 aromatic carbocycles. The summed E-state index contributed by atoms with van der Waals surface area (Å²) >= 11 is 6.06. The Morgan fingerprint density at radius 1 is 1.43 bits per heavy atom. The van der Waals surface area contributed by atoms with Crippen molar-refractivity contribution < 1.29 is 4.79 Å². The van der Waals surface area contributed by atoms with Gasteiger partial charge < -0.3 is 4.90 Å². The van der Waals surface area contributed by atoms with E-state index in [2.05, 4.69) is 22.2 Å². The first kappa shape index (κ1) is 16.0. The molecule has 3 rings (SSSR count). The lowest BCUT2D eigenvalue weighted by molar-refractivity contribution is -0.130. The fourth-order valence-corrected chi connectivity index (χ4v) is 3.35. The molecule has 1 saturated heterocycles. The number of carbonyl (C=O) groups excluding carboxylic acids is 1. The Morgan fingerprint density at radius 2 is 2.26 bits per heavy atom. The summed E-state index contributed by atoms with van der Waals surface area (Å²) in [6.45, 7) is 1.58. The third-order valence-electron chi connectivity index (χ3n) is 4.65. The molecule has 1 aromatic rings. The Bertz CT molecular complexity index is 658. The van der Waals surface area contributed by atoms with E-state index in [9.17, 15) is 4.79 Å². The molecule has 1 atom stereocenters. The van der Waals surface area contributed by atoms with Crippen molar-refractivity contribution in [3.63, 3.8) is 0 Å². The molecule has 0 bridgehead atoms. The Hall–Kier alpha value is -1.86. The Kier molecular flexibility index (Phi) is 4.68. The first-order valence-electron chi connectivity index (χ1n) is 8.03. The van der Waals surface area contributed by atoms with Crippen molar-refractivity contribution in [2.75, 3.05) is 13.1 Å². The second-order valence-electron chi connectivity index (χ2n) is 6.27. The summed E-state index contributed by atoms with van der Waals surface area (Å²) in [5.74, 6) is 3.17. The van der Waals surface area contributed by atoms with Gasteiger partial charge in [0.05, 0.1) is 0 Å². The highest BCUT2D eigenvalue weighted by molar-refractivity contribution is 6.30. The standard InChI is InChI=1S/C18H20ClN3O/c1-2-3-9-18(20-21-18)10-7-17(23)22-11-8-15(13-22)14-5-4-6-16(19)12-14/h1,4-6,12,15H,3,7-11,13H2. The zero-order valence-corrected chi connectivity index (χ0v) is 13.8. The Balaban J connectivity index is 1.49. The van der Waals surface area contributed by atoms with Crippen molar-refractivity contribution in [2.45, 2.75) is 43.7 Å². The molecule has 23 heavy (non-hydrogen) atoms. The van der Waals surface area contributed by atoms with Crippen LogP contribution in [0.2, 0.25) is 5.02 Å². The van der Waals surface area contributed by atoms with Crippen molar-refractivity contribution in [1.29, 1.82) is 0 Å². The predicted molar refractivity (Wildman–Crippen MR) is 90.3 cm³/mol. The highest BCUT2D eigenvalue weighted by Crippen LogP contribution is 2.38. The van der Waals surface area contributed by atoms with Crippen LogP contribution in [0.5, 0.6) is 0 Å². The van der Waals surface area contributed by atoms with E-state index in [-0.39, 0.29) is 11.6 Å². The van der Waals surface area contributed by atoms with Crippen LogP contribution in [0.1, 0.15) is 43.6 Å². The summed E-state index contributed by atoms with van der Waals surface area (Å²) in [5, 5.41) is 8.92. The molecule has 0 aromatic heterocycles. The molecule has 4 nitrogen and oxygen atoms in total. The molecule has 0 aliphatic carbocycles. The molecule has 1 amide bonds. The molecule has 0 saturated carbocycles. The Morgan fingerprint density at radius 3 is 2.96 bits per heavy atom. The summed E-state index contributed by atoms with van der Waals surface area (Å²) in [4.78, 5) is 14.4. The van der Waals surface area contributed by atoms with Crippen LogP contribution < -0.4 is 0 Å². The lowest BCUT2D eigenvalue weighted by Crippen LogP contribution is -2.29. The normalized spacial score (nSPS) is 21.2. The molecule has 0 spiro atoms. The van der Waals surface area contributed by atoms with Gasteiger partial charge in [-0.25, -0.2) is 0 Å². The fourth-order valence-electron chi connectivity index (χ4n) is 3.15. The first-order chi connectivity index (χ1) is 11.1. The number of hydrogen-bond donors (Lipinski definition) is 0. The number of hydrogen-bond acceptors (Lipinski definition) is 3. The number of carbonyl (C=O) groups is 1. The van der Waals surface area contributed by atoms with Gasteiger partial charge in [0, 0.05) is 49.7 Å². The van der Waals surface area contributed by atoms with E-state index in [1.54, 1.807) is 0 Å². The van der Waals surface area contributed by atoms with Gasteiger partial charge in [0.25, 0.3) is 0 Å². The van der Waals surface area contributed by atoms with Crippen molar-refractivity contribution >= 4 is 17.5 Å². The van der Waals surface area contributed by atoms with E-state index < -0.39 is 0 Å². The van der Waals surface area contributed by atoms with E-state index >= 15 is 0 Å². The zero-order valence-electron chi connectivity index (χ0n) is 13.0. The third-order valence-corrected chi connectivity index (χ3v) is 4.89. The predicted octanol–water partition coefficient (Wildman–Crippen LogP) is 4.01. The van der Waals surface area contributed by atoms with Crippen molar-refractivity contribution in [2.24, 2.45) is 10.2 Å². The van der Waals surface area contributed by atoms with Gasteiger partial charge in [0.1, 0.15) is 0 Å². The maximum atomic E-state index is 12.4. The molecule has 1 unspecified atom stereocenters. The summed E-state index contributed by atoms with van der Waals surface area (Å²) < 4.78 is 0.